The summed E-state index contributed by atoms with van der Waals surface area (Å²) in [5.74, 6) is 1.45. The molecule has 5 rings (SSSR count). The van der Waals surface area contributed by atoms with Crippen molar-refractivity contribution in [2.45, 2.75) is 19.9 Å². The minimum absolute atomic E-state index is 0.0513. The number of hydrogen-bond acceptors (Lipinski definition) is 3. The summed E-state index contributed by atoms with van der Waals surface area (Å²) in [7, 11) is 3.29. The maximum absolute atomic E-state index is 13.8. The summed E-state index contributed by atoms with van der Waals surface area (Å²) >= 11 is 0. The van der Waals surface area contributed by atoms with Crippen LogP contribution in [0, 0.1) is 6.92 Å². The van der Waals surface area contributed by atoms with Gasteiger partial charge in [0.2, 0.25) is 0 Å². The van der Waals surface area contributed by atoms with E-state index < -0.39 is 0 Å². The van der Waals surface area contributed by atoms with E-state index in [-0.39, 0.29) is 5.91 Å². The minimum atomic E-state index is 0.0513. The van der Waals surface area contributed by atoms with Gasteiger partial charge in [-0.05, 0) is 48.2 Å². The van der Waals surface area contributed by atoms with Gasteiger partial charge < -0.3 is 18.9 Å². The number of aromatic nitrogens is 1. The molecule has 0 radical (unpaired) electrons. The van der Waals surface area contributed by atoms with Crippen molar-refractivity contribution in [3.8, 4) is 28.4 Å². The van der Waals surface area contributed by atoms with Gasteiger partial charge in [-0.1, -0.05) is 54.6 Å². The highest BCUT2D eigenvalue weighted by Crippen LogP contribution is 2.36. The summed E-state index contributed by atoms with van der Waals surface area (Å²) in [6.45, 7) is 3.35. The van der Waals surface area contributed by atoms with Crippen LogP contribution in [0.4, 0.5) is 0 Å². The Morgan fingerprint density at radius 2 is 1.59 bits per heavy atom. The molecule has 5 heteroatoms. The normalized spacial score (nSPS) is 12.9. The average Bonchev–Trinajstić information content (AvgIpc) is 3.24. The number of carbonyl (C=O) groups excluding carboxylic acids is 1. The van der Waals surface area contributed by atoms with E-state index >= 15 is 0 Å². The summed E-state index contributed by atoms with van der Waals surface area (Å²) in [5, 5.41) is 0. The van der Waals surface area contributed by atoms with E-state index in [1.807, 2.05) is 60.4 Å². The molecule has 0 N–H and O–H groups in total. The third-order valence-corrected chi connectivity index (χ3v) is 6.59. The monoisotopic (exact) mass is 452 g/mol. The van der Waals surface area contributed by atoms with Crippen molar-refractivity contribution in [1.82, 2.24) is 9.47 Å². The molecule has 0 saturated carbocycles. The van der Waals surface area contributed by atoms with E-state index in [9.17, 15) is 4.79 Å². The molecule has 0 unspecified atom stereocenters. The zero-order chi connectivity index (χ0) is 23.7. The van der Waals surface area contributed by atoms with Crippen LogP contribution in [0.2, 0.25) is 0 Å². The fourth-order valence-corrected chi connectivity index (χ4v) is 4.76. The summed E-state index contributed by atoms with van der Waals surface area (Å²) in [5.41, 5.74) is 6.98. The summed E-state index contributed by atoms with van der Waals surface area (Å²) in [6, 6.07) is 26.3. The number of fused-ring (bicyclic) bond motifs is 1. The highest BCUT2D eigenvalue weighted by atomic mass is 16.5. The van der Waals surface area contributed by atoms with E-state index in [0.29, 0.717) is 24.4 Å². The zero-order valence-electron chi connectivity index (χ0n) is 19.7. The number of amides is 1. The van der Waals surface area contributed by atoms with E-state index in [4.69, 9.17) is 9.47 Å². The first-order valence-corrected chi connectivity index (χ1v) is 11.5. The standard InChI is InChI=1S/C29H28N2O3/c1-20-25(29(32)30-16-15-21-9-7-8-12-23(21)19-30)18-27(22-10-5-4-6-11-22)31(20)26-14-13-24(33-2)17-28(26)34-3/h4-14,17-18H,15-16,19H2,1-3H3. The average molecular weight is 453 g/mol. The molecule has 0 atom stereocenters. The Kier molecular flexibility index (Phi) is 5.84. The molecule has 2 heterocycles. The first-order chi connectivity index (χ1) is 16.6. The molecule has 0 bridgehead atoms. The van der Waals surface area contributed by atoms with Crippen molar-refractivity contribution < 1.29 is 14.3 Å². The van der Waals surface area contributed by atoms with Gasteiger partial charge in [0.15, 0.2) is 0 Å². The lowest BCUT2D eigenvalue weighted by atomic mass is 9.99. The predicted molar refractivity (Wildman–Crippen MR) is 134 cm³/mol. The quantitative estimate of drug-likeness (QED) is 0.392. The third kappa shape index (κ3) is 3.83. The SMILES string of the molecule is COc1ccc(-n2c(-c3ccccc3)cc(C(=O)N3CCc4ccccc4C3)c2C)c(OC)c1. The minimum Gasteiger partial charge on any atom is -0.497 e. The van der Waals surface area contributed by atoms with Crippen LogP contribution in [0.5, 0.6) is 11.5 Å². The Balaban J connectivity index is 1.62. The Bertz CT molecular complexity index is 1340. The number of ether oxygens (including phenoxy) is 2. The number of rotatable bonds is 5. The number of nitrogens with zero attached hydrogens (tertiary/aromatic N) is 2. The maximum Gasteiger partial charge on any atom is 0.256 e. The molecular formula is C29H28N2O3. The fraction of sp³-hybridized carbons (Fsp3) is 0.207. The molecule has 34 heavy (non-hydrogen) atoms. The Labute approximate surface area is 200 Å². The topological polar surface area (TPSA) is 43.7 Å². The number of methoxy groups -OCH3 is 2. The fourth-order valence-electron chi connectivity index (χ4n) is 4.76. The smallest absolute Gasteiger partial charge is 0.256 e. The summed E-state index contributed by atoms with van der Waals surface area (Å²) in [4.78, 5) is 15.7. The molecule has 4 aromatic rings. The Morgan fingerprint density at radius 3 is 2.32 bits per heavy atom. The van der Waals surface area contributed by atoms with Gasteiger partial charge in [0, 0.05) is 24.8 Å². The van der Waals surface area contributed by atoms with Crippen LogP contribution in [0.15, 0.2) is 78.9 Å². The molecule has 0 spiro atoms. The lowest BCUT2D eigenvalue weighted by Crippen LogP contribution is -2.36. The Hall–Kier alpha value is -3.99. The molecule has 1 aromatic heterocycles. The number of carbonyl (C=O) groups is 1. The van der Waals surface area contributed by atoms with E-state index in [2.05, 4.69) is 34.9 Å². The second-order valence-corrected chi connectivity index (χ2v) is 8.51. The maximum atomic E-state index is 13.8. The van der Waals surface area contributed by atoms with Crippen LogP contribution in [-0.4, -0.2) is 36.1 Å². The molecule has 0 aliphatic carbocycles. The van der Waals surface area contributed by atoms with E-state index in [1.165, 1.54) is 11.1 Å². The summed E-state index contributed by atoms with van der Waals surface area (Å²) in [6.07, 6.45) is 0.875. The summed E-state index contributed by atoms with van der Waals surface area (Å²) < 4.78 is 13.2. The third-order valence-electron chi connectivity index (χ3n) is 6.59. The van der Waals surface area contributed by atoms with Gasteiger partial charge in [-0.3, -0.25) is 4.79 Å². The molecule has 0 saturated heterocycles. The molecule has 1 amide bonds. The van der Waals surface area contributed by atoms with Gasteiger partial charge in [0.25, 0.3) is 5.91 Å². The van der Waals surface area contributed by atoms with Crippen molar-refractivity contribution in [2.75, 3.05) is 20.8 Å². The second kappa shape index (κ2) is 9.10. The van der Waals surface area contributed by atoms with Crippen molar-refractivity contribution in [3.05, 3.63) is 101 Å². The van der Waals surface area contributed by atoms with Crippen molar-refractivity contribution in [3.63, 3.8) is 0 Å². The largest absolute Gasteiger partial charge is 0.497 e. The van der Waals surface area contributed by atoms with Crippen LogP contribution in [-0.2, 0) is 13.0 Å². The Morgan fingerprint density at radius 1 is 0.853 bits per heavy atom. The highest BCUT2D eigenvalue weighted by molar-refractivity contribution is 5.97. The van der Waals surface area contributed by atoms with Crippen molar-refractivity contribution in [1.29, 1.82) is 0 Å². The first-order valence-electron chi connectivity index (χ1n) is 11.5. The van der Waals surface area contributed by atoms with Crippen LogP contribution < -0.4 is 9.47 Å². The first kappa shape index (κ1) is 21.8. The van der Waals surface area contributed by atoms with Crippen LogP contribution >= 0.6 is 0 Å². The van der Waals surface area contributed by atoms with Crippen LogP contribution in [0.25, 0.3) is 16.9 Å². The van der Waals surface area contributed by atoms with Crippen molar-refractivity contribution >= 4 is 5.91 Å². The van der Waals surface area contributed by atoms with E-state index in [0.717, 1.165) is 34.8 Å². The van der Waals surface area contributed by atoms with E-state index in [1.54, 1.807) is 14.2 Å². The van der Waals surface area contributed by atoms with Gasteiger partial charge in [0.05, 0.1) is 31.2 Å². The van der Waals surface area contributed by atoms with Gasteiger partial charge in [-0.2, -0.15) is 0 Å². The molecule has 5 nitrogen and oxygen atoms in total. The van der Waals surface area contributed by atoms with Crippen LogP contribution in [0.1, 0.15) is 27.2 Å². The molecule has 172 valence electrons. The van der Waals surface area contributed by atoms with Gasteiger partial charge in [-0.15, -0.1) is 0 Å². The van der Waals surface area contributed by atoms with Gasteiger partial charge in [0.1, 0.15) is 11.5 Å². The van der Waals surface area contributed by atoms with Crippen molar-refractivity contribution in [2.24, 2.45) is 0 Å². The zero-order valence-corrected chi connectivity index (χ0v) is 19.7. The second-order valence-electron chi connectivity index (χ2n) is 8.51. The number of benzene rings is 3. The molecule has 0 fully saturated rings. The lowest BCUT2D eigenvalue weighted by Gasteiger charge is -2.29. The molecule has 1 aliphatic heterocycles. The number of hydrogen-bond donors (Lipinski definition) is 0. The predicted octanol–water partition coefficient (Wildman–Crippen LogP) is 5.67. The van der Waals surface area contributed by atoms with Gasteiger partial charge >= 0.3 is 0 Å². The molecule has 3 aromatic carbocycles. The molecular weight excluding hydrogens is 424 g/mol. The molecule has 1 aliphatic rings. The lowest BCUT2D eigenvalue weighted by molar-refractivity contribution is 0.0734. The highest BCUT2D eigenvalue weighted by Gasteiger charge is 2.27. The van der Waals surface area contributed by atoms with Gasteiger partial charge in [-0.25, -0.2) is 0 Å². The van der Waals surface area contributed by atoms with Crippen LogP contribution in [0.3, 0.4) is 0 Å².